The Morgan fingerprint density at radius 1 is 1.05 bits per heavy atom. The fourth-order valence-corrected chi connectivity index (χ4v) is 3.21. The van der Waals surface area contributed by atoms with Gasteiger partial charge in [0.1, 0.15) is 4.91 Å². The van der Waals surface area contributed by atoms with Crippen molar-refractivity contribution in [1.82, 2.24) is 0 Å². The summed E-state index contributed by atoms with van der Waals surface area (Å²) in [6, 6.07) is 0. The molecule has 2 rings (SSSR count). The maximum Gasteiger partial charge on any atom is 2.00 e. The van der Waals surface area contributed by atoms with E-state index in [4.69, 9.17) is 4.55 Å². The minimum atomic E-state index is -4.55. The largest absolute Gasteiger partial charge is 2.00 e. The van der Waals surface area contributed by atoms with Crippen molar-refractivity contribution in [3.63, 3.8) is 0 Å². The van der Waals surface area contributed by atoms with Crippen LogP contribution in [0.3, 0.4) is 0 Å². The molecule has 1 N–H and O–H groups in total. The van der Waals surface area contributed by atoms with Crippen molar-refractivity contribution in [2.75, 3.05) is 0 Å². The standard InChI is InChI=1S/C11H9F3O3S.2ClH.Zr/c1-5-4-8(11(12,13)14)7-3-6(2)10(9(5)7)18(15,16)17;;;/h3-4H,1-2H3,(H,15,16,17);2*1H;/q;;;+2/p-2. The van der Waals surface area contributed by atoms with Gasteiger partial charge in [0.25, 0.3) is 10.1 Å². The van der Waals surface area contributed by atoms with E-state index in [1.54, 1.807) is 0 Å². The molecule has 0 aliphatic heterocycles. The minimum absolute atomic E-state index is 0. The van der Waals surface area contributed by atoms with Crippen LogP contribution >= 0.6 is 0 Å². The predicted molar refractivity (Wildman–Crippen MR) is 59.2 cm³/mol. The monoisotopic (exact) mass is 438 g/mol. The number of halogens is 5. The summed E-state index contributed by atoms with van der Waals surface area (Å²) in [7, 11) is -4.54. The van der Waals surface area contributed by atoms with Crippen LogP contribution in [0.1, 0.15) is 13.8 Å². The van der Waals surface area contributed by atoms with E-state index < -0.39 is 26.8 Å². The summed E-state index contributed by atoms with van der Waals surface area (Å²) >= 11 is 0. The molecule has 2 aliphatic carbocycles. The van der Waals surface area contributed by atoms with Gasteiger partial charge in [-0.2, -0.15) is 21.6 Å². The van der Waals surface area contributed by atoms with Gasteiger partial charge in [0, 0.05) is 5.57 Å². The molecular formula is C11H9Cl2F3O3SZr. The molecule has 0 bridgehead atoms. The summed E-state index contributed by atoms with van der Waals surface area (Å²) in [5, 5.41) is 0. The number of fused-ring (bicyclic) bond motifs is 1. The van der Waals surface area contributed by atoms with E-state index in [-0.39, 0.29) is 73.3 Å². The fraction of sp³-hybridized carbons (Fsp3) is 0.273. The van der Waals surface area contributed by atoms with E-state index in [0.717, 1.165) is 12.2 Å². The second kappa shape index (κ2) is 7.13. The molecule has 3 nitrogen and oxygen atoms in total. The van der Waals surface area contributed by atoms with Crippen LogP contribution in [0.15, 0.2) is 44.9 Å². The second-order valence-corrected chi connectivity index (χ2v) is 5.52. The SMILES string of the molecule is CC1=C2C(=CC(C)=C2S(=O)(=O)O)C(C(F)(F)F)=C1.[Cl-].[Cl-].[Zr+2]. The number of rotatable bonds is 1. The topological polar surface area (TPSA) is 54.4 Å². The van der Waals surface area contributed by atoms with Crippen LogP contribution in [0.4, 0.5) is 13.2 Å². The molecular weight excluding hydrogens is 431 g/mol. The zero-order valence-electron chi connectivity index (χ0n) is 10.7. The van der Waals surface area contributed by atoms with Crippen molar-refractivity contribution in [3.05, 3.63) is 44.9 Å². The molecule has 0 aromatic rings. The first-order chi connectivity index (χ1) is 8.03. The van der Waals surface area contributed by atoms with Gasteiger partial charge in [-0.25, -0.2) is 0 Å². The summed E-state index contributed by atoms with van der Waals surface area (Å²) in [4.78, 5) is -0.439. The summed E-state index contributed by atoms with van der Waals surface area (Å²) in [6.07, 6.45) is -2.53. The first kappa shape index (κ1) is 23.4. The Labute approximate surface area is 151 Å². The third kappa shape index (κ3) is 4.11. The molecule has 0 spiro atoms. The molecule has 0 saturated carbocycles. The Kier molecular flexibility index (Phi) is 7.94. The van der Waals surface area contributed by atoms with Crippen LogP contribution < -0.4 is 24.8 Å². The van der Waals surface area contributed by atoms with Crippen LogP contribution in [-0.2, 0) is 36.3 Å². The van der Waals surface area contributed by atoms with Gasteiger partial charge in [0.2, 0.25) is 0 Å². The van der Waals surface area contributed by atoms with Gasteiger partial charge in [0.05, 0.1) is 5.57 Å². The zero-order valence-corrected chi connectivity index (χ0v) is 15.5. The number of alkyl halides is 3. The van der Waals surface area contributed by atoms with E-state index in [0.29, 0.717) is 0 Å². The van der Waals surface area contributed by atoms with Gasteiger partial charge in [-0.3, -0.25) is 4.55 Å². The van der Waals surface area contributed by atoms with Crippen LogP contribution in [0, 0.1) is 0 Å². The number of hydrogen-bond donors (Lipinski definition) is 1. The van der Waals surface area contributed by atoms with Crippen LogP contribution in [0.2, 0.25) is 0 Å². The van der Waals surface area contributed by atoms with E-state index in [9.17, 15) is 21.6 Å². The Morgan fingerprint density at radius 2 is 1.52 bits per heavy atom. The summed E-state index contributed by atoms with van der Waals surface area (Å²) in [6.45, 7) is 2.73. The van der Waals surface area contributed by atoms with Crippen LogP contribution in [-0.4, -0.2) is 19.1 Å². The second-order valence-electron chi connectivity index (χ2n) is 4.16. The van der Waals surface area contributed by atoms with E-state index in [1.165, 1.54) is 13.8 Å². The molecule has 0 atom stereocenters. The number of allylic oxidation sites excluding steroid dienone is 7. The molecule has 0 aromatic heterocycles. The molecule has 0 unspecified atom stereocenters. The van der Waals surface area contributed by atoms with Crippen LogP contribution in [0.5, 0.6) is 0 Å². The molecule has 0 aromatic carbocycles. The van der Waals surface area contributed by atoms with Gasteiger partial charge in [-0.05, 0) is 42.7 Å². The van der Waals surface area contributed by atoms with Gasteiger partial charge in [0.15, 0.2) is 0 Å². The molecule has 2 aliphatic rings. The van der Waals surface area contributed by atoms with E-state index in [1.807, 2.05) is 0 Å². The van der Waals surface area contributed by atoms with Crippen LogP contribution in [0.25, 0.3) is 0 Å². The first-order valence-corrected chi connectivity index (χ1v) is 6.38. The van der Waals surface area contributed by atoms with Crippen molar-refractivity contribution in [2.45, 2.75) is 20.0 Å². The van der Waals surface area contributed by atoms with Crippen molar-refractivity contribution >= 4 is 10.1 Å². The molecule has 0 fully saturated rings. The Balaban J connectivity index is 0. The molecule has 0 heterocycles. The Morgan fingerprint density at radius 3 is 1.90 bits per heavy atom. The quantitative estimate of drug-likeness (QED) is 0.440. The maximum absolute atomic E-state index is 12.8. The normalized spacial score (nSPS) is 17.4. The molecule has 0 radical (unpaired) electrons. The summed E-state index contributed by atoms with van der Waals surface area (Å²) in [5.41, 5.74) is -0.838. The number of hydrogen-bond acceptors (Lipinski definition) is 2. The molecule has 21 heavy (non-hydrogen) atoms. The van der Waals surface area contributed by atoms with Crippen molar-refractivity contribution < 1.29 is 77.2 Å². The van der Waals surface area contributed by atoms with Gasteiger partial charge in [-0.1, -0.05) is 0 Å². The third-order valence-corrected chi connectivity index (χ3v) is 3.87. The van der Waals surface area contributed by atoms with Crippen molar-refractivity contribution in [3.8, 4) is 0 Å². The summed E-state index contributed by atoms with van der Waals surface area (Å²) < 4.78 is 69.8. The molecule has 0 amide bonds. The predicted octanol–water partition coefficient (Wildman–Crippen LogP) is -3.09. The summed E-state index contributed by atoms with van der Waals surface area (Å²) in [5.74, 6) is 0. The average Bonchev–Trinajstić information content (AvgIpc) is 2.60. The zero-order chi connectivity index (χ0) is 13.9. The molecule has 116 valence electrons. The molecule has 10 heteroatoms. The smallest absolute Gasteiger partial charge is 1.00 e. The Bertz CT molecular complexity index is 673. The maximum atomic E-state index is 12.8. The Hall–Kier alpha value is 0.123. The van der Waals surface area contributed by atoms with Gasteiger partial charge < -0.3 is 24.8 Å². The minimum Gasteiger partial charge on any atom is -1.00 e. The first-order valence-electron chi connectivity index (χ1n) is 4.94. The van der Waals surface area contributed by atoms with Crippen molar-refractivity contribution in [1.29, 1.82) is 0 Å². The van der Waals surface area contributed by atoms with Crippen molar-refractivity contribution in [2.24, 2.45) is 0 Å². The third-order valence-electron chi connectivity index (χ3n) is 2.82. The van der Waals surface area contributed by atoms with E-state index in [2.05, 4.69) is 0 Å². The molecule has 0 saturated heterocycles. The van der Waals surface area contributed by atoms with Gasteiger partial charge in [-0.15, -0.1) is 0 Å². The fourth-order valence-electron chi connectivity index (χ4n) is 2.21. The van der Waals surface area contributed by atoms with E-state index >= 15 is 0 Å². The van der Waals surface area contributed by atoms with Gasteiger partial charge >= 0.3 is 32.4 Å². The average molecular weight is 440 g/mol.